The normalized spacial score (nSPS) is 15.2. The van der Waals surface area contributed by atoms with Gasteiger partial charge in [0.25, 0.3) is 0 Å². The second kappa shape index (κ2) is 5.30. The molecule has 2 aromatic rings. The molecular formula is C16H22N4S. The minimum Gasteiger partial charge on any atom is -0.399 e. The van der Waals surface area contributed by atoms with E-state index in [0.717, 1.165) is 23.2 Å². The molecule has 0 unspecified atom stereocenters. The summed E-state index contributed by atoms with van der Waals surface area (Å²) in [7, 11) is 0. The number of hydrogen-bond donors (Lipinski definition) is 1. The number of nitrogens with zero attached hydrogens (tertiary/aromatic N) is 3. The van der Waals surface area contributed by atoms with Crippen molar-refractivity contribution in [1.82, 2.24) is 9.36 Å². The van der Waals surface area contributed by atoms with Gasteiger partial charge in [0.05, 0.1) is 0 Å². The van der Waals surface area contributed by atoms with E-state index in [2.05, 4.69) is 36.1 Å². The largest absolute Gasteiger partial charge is 0.399 e. The highest BCUT2D eigenvalue weighted by molar-refractivity contribution is 7.09. The Morgan fingerprint density at radius 3 is 2.67 bits per heavy atom. The average Bonchev–Trinajstić information content (AvgIpc) is 3.11. The van der Waals surface area contributed by atoms with Gasteiger partial charge < -0.3 is 10.6 Å². The molecule has 112 valence electrons. The summed E-state index contributed by atoms with van der Waals surface area (Å²) in [6.45, 7) is 7.31. The molecule has 0 amide bonds. The van der Waals surface area contributed by atoms with Crippen LogP contribution in [0.4, 0.5) is 10.8 Å². The summed E-state index contributed by atoms with van der Waals surface area (Å²) in [4.78, 5) is 7.14. The SMILES string of the molecule is CC(C)(C)c1nsc(N(Cc2cccc(N)c2)C2CC2)n1. The van der Waals surface area contributed by atoms with Gasteiger partial charge in [-0.2, -0.15) is 4.37 Å². The molecular weight excluding hydrogens is 280 g/mol. The van der Waals surface area contributed by atoms with Gasteiger partial charge in [-0.25, -0.2) is 4.98 Å². The van der Waals surface area contributed by atoms with Crippen LogP contribution in [0.1, 0.15) is 45.0 Å². The second-order valence-electron chi connectivity index (χ2n) is 6.75. The van der Waals surface area contributed by atoms with E-state index >= 15 is 0 Å². The summed E-state index contributed by atoms with van der Waals surface area (Å²) < 4.78 is 4.54. The molecule has 21 heavy (non-hydrogen) atoms. The van der Waals surface area contributed by atoms with Crippen molar-refractivity contribution in [2.24, 2.45) is 0 Å². The van der Waals surface area contributed by atoms with Crippen LogP contribution in [0, 0.1) is 0 Å². The third-order valence-corrected chi connectivity index (χ3v) is 4.38. The lowest BCUT2D eigenvalue weighted by Gasteiger charge is -2.21. The molecule has 1 heterocycles. The fourth-order valence-electron chi connectivity index (χ4n) is 2.26. The van der Waals surface area contributed by atoms with Gasteiger partial charge in [-0.3, -0.25) is 0 Å². The van der Waals surface area contributed by atoms with Gasteiger partial charge in [0.2, 0.25) is 5.13 Å². The van der Waals surface area contributed by atoms with E-state index in [-0.39, 0.29) is 5.41 Å². The maximum atomic E-state index is 5.88. The first-order chi connectivity index (χ1) is 9.93. The van der Waals surface area contributed by atoms with Crippen molar-refractivity contribution in [2.75, 3.05) is 10.6 Å². The van der Waals surface area contributed by atoms with E-state index in [1.165, 1.54) is 29.9 Å². The molecule has 4 nitrogen and oxygen atoms in total. The summed E-state index contributed by atoms with van der Waals surface area (Å²) in [6, 6.07) is 8.70. The molecule has 0 aliphatic heterocycles. The fourth-order valence-corrected chi connectivity index (χ4v) is 3.19. The highest BCUT2D eigenvalue weighted by Crippen LogP contribution is 2.35. The van der Waals surface area contributed by atoms with Crippen LogP contribution in [0.5, 0.6) is 0 Å². The van der Waals surface area contributed by atoms with Crippen molar-refractivity contribution in [2.45, 2.75) is 51.6 Å². The molecule has 1 saturated carbocycles. The highest BCUT2D eigenvalue weighted by atomic mass is 32.1. The first-order valence-electron chi connectivity index (χ1n) is 7.39. The fraction of sp³-hybridized carbons (Fsp3) is 0.500. The van der Waals surface area contributed by atoms with Gasteiger partial charge in [-0.05, 0) is 30.5 Å². The van der Waals surface area contributed by atoms with Crippen LogP contribution in [0.2, 0.25) is 0 Å². The van der Waals surface area contributed by atoms with Gasteiger partial charge in [-0.15, -0.1) is 0 Å². The van der Waals surface area contributed by atoms with Crippen LogP contribution in [0.25, 0.3) is 0 Å². The lowest BCUT2D eigenvalue weighted by molar-refractivity contribution is 0.554. The van der Waals surface area contributed by atoms with Crippen LogP contribution in [0.3, 0.4) is 0 Å². The van der Waals surface area contributed by atoms with E-state index in [0.29, 0.717) is 6.04 Å². The molecule has 5 heteroatoms. The third kappa shape index (κ3) is 3.35. The van der Waals surface area contributed by atoms with E-state index in [9.17, 15) is 0 Å². The quantitative estimate of drug-likeness (QED) is 0.877. The standard InChI is InChI=1S/C16H22N4S/c1-16(2,3)14-18-15(21-19-14)20(13-7-8-13)10-11-5-4-6-12(17)9-11/h4-6,9,13H,7-8,10,17H2,1-3H3. The van der Waals surface area contributed by atoms with Gasteiger partial charge >= 0.3 is 0 Å². The Labute approximate surface area is 130 Å². The smallest absolute Gasteiger partial charge is 0.205 e. The van der Waals surface area contributed by atoms with Crippen LogP contribution >= 0.6 is 11.5 Å². The van der Waals surface area contributed by atoms with Crippen molar-refractivity contribution in [1.29, 1.82) is 0 Å². The molecule has 2 N–H and O–H groups in total. The first-order valence-corrected chi connectivity index (χ1v) is 8.16. The molecule has 3 rings (SSSR count). The Morgan fingerprint density at radius 2 is 2.10 bits per heavy atom. The van der Waals surface area contributed by atoms with Crippen LogP contribution < -0.4 is 10.6 Å². The van der Waals surface area contributed by atoms with E-state index < -0.39 is 0 Å². The number of nitrogens with two attached hydrogens (primary N) is 1. The maximum absolute atomic E-state index is 5.88. The molecule has 0 atom stereocenters. The summed E-state index contributed by atoms with van der Waals surface area (Å²) in [5, 5.41) is 1.03. The van der Waals surface area contributed by atoms with Crippen LogP contribution in [0.15, 0.2) is 24.3 Å². The Morgan fingerprint density at radius 1 is 1.33 bits per heavy atom. The predicted octanol–water partition coefficient (Wildman–Crippen LogP) is 3.59. The monoisotopic (exact) mass is 302 g/mol. The lowest BCUT2D eigenvalue weighted by atomic mass is 9.96. The number of aromatic nitrogens is 2. The van der Waals surface area contributed by atoms with Gasteiger partial charge in [-0.1, -0.05) is 32.9 Å². The van der Waals surface area contributed by atoms with E-state index in [1.54, 1.807) is 0 Å². The molecule has 1 fully saturated rings. The van der Waals surface area contributed by atoms with Crippen molar-refractivity contribution in [3.05, 3.63) is 35.7 Å². The van der Waals surface area contributed by atoms with Gasteiger partial charge in [0.15, 0.2) is 0 Å². The maximum Gasteiger partial charge on any atom is 0.205 e. The number of nitrogen functional groups attached to an aromatic ring is 1. The Bertz CT molecular complexity index is 625. The highest BCUT2D eigenvalue weighted by Gasteiger charge is 2.32. The van der Waals surface area contributed by atoms with Gasteiger partial charge in [0, 0.05) is 35.2 Å². The summed E-state index contributed by atoms with van der Waals surface area (Å²) in [5.41, 5.74) is 7.93. The van der Waals surface area contributed by atoms with E-state index in [1.807, 2.05) is 18.2 Å². The minimum absolute atomic E-state index is 0.00114. The third-order valence-electron chi connectivity index (χ3n) is 3.62. The zero-order chi connectivity index (χ0) is 15.0. The van der Waals surface area contributed by atoms with Crippen molar-refractivity contribution in [3.63, 3.8) is 0 Å². The van der Waals surface area contributed by atoms with Gasteiger partial charge in [0.1, 0.15) is 5.82 Å². The summed E-state index contributed by atoms with van der Waals surface area (Å²) >= 11 is 1.51. The minimum atomic E-state index is 0.00114. The molecule has 1 aliphatic rings. The molecule has 0 bridgehead atoms. The van der Waals surface area contributed by atoms with E-state index in [4.69, 9.17) is 10.7 Å². The topological polar surface area (TPSA) is 55.0 Å². The second-order valence-corrected chi connectivity index (χ2v) is 7.48. The molecule has 1 aromatic carbocycles. The molecule has 1 aliphatic carbocycles. The molecule has 0 radical (unpaired) electrons. The molecule has 0 saturated heterocycles. The van der Waals surface area contributed by atoms with Crippen molar-refractivity contribution < 1.29 is 0 Å². The Kier molecular flexibility index (Phi) is 3.61. The summed E-state index contributed by atoms with van der Waals surface area (Å²) in [5.74, 6) is 0.931. The van der Waals surface area contributed by atoms with Crippen molar-refractivity contribution >= 4 is 22.4 Å². The first kappa shape index (κ1) is 14.3. The predicted molar refractivity (Wildman–Crippen MR) is 88.7 cm³/mol. The average molecular weight is 302 g/mol. The zero-order valence-electron chi connectivity index (χ0n) is 12.8. The summed E-state index contributed by atoms with van der Waals surface area (Å²) in [6.07, 6.45) is 2.49. The molecule has 1 aromatic heterocycles. The number of anilines is 2. The number of benzene rings is 1. The van der Waals surface area contributed by atoms with Crippen LogP contribution in [-0.2, 0) is 12.0 Å². The van der Waals surface area contributed by atoms with Crippen molar-refractivity contribution in [3.8, 4) is 0 Å². The number of rotatable bonds is 4. The van der Waals surface area contributed by atoms with Crippen LogP contribution in [-0.4, -0.2) is 15.4 Å². The Hall–Kier alpha value is -1.62. The molecule has 0 spiro atoms. The zero-order valence-corrected chi connectivity index (χ0v) is 13.7. The lowest BCUT2D eigenvalue weighted by Crippen LogP contribution is -2.25. The number of hydrogen-bond acceptors (Lipinski definition) is 5. The Balaban J connectivity index is 1.83.